The van der Waals surface area contributed by atoms with Gasteiger partial charge in [0.2, 0.25) is 0 Å². The highest BCUT2D eigenvalue weighted by Crippen LogP contribution is 2.27. The van der Waals surface area contributed by atoms with Crippen LogP contribution in [0, 0.1) is 0 Å². The number of benzene rings is 2. The number of hydrogen-bond acceptors (Lipinski definition) is 5. The highest BCUT2D eigenvalue weighted by atomic mass is 15.0. The molecule has 0 saturated heterocycles. The monoisotopic (exact) mass is 345 g/mol. The molecule has 1 heterocycles. The lowest BCUT2D eigenvalue weighted by Gasteiger charge is -2.15. The van der Waals surface area contributed by atoms with E-state index in [2.05, 4.69) is 23.3 Å². The average molecular weight is 345 g/mol. The molecule has 0 fully saturated rings. The van der Waals surface area contributed by atoms with Crippen LogP contribution in [0.4, 0.5) is 11.5 Å². The topological polar surface area (TPSA) is 89.8 Å². The molecule has 0 bridgehead atoms. The number of allylic oxidation sites excluding steroid dienone is 1. The molecular formula is C21H23N5. The number of nitrogen functional groups attached to an aromatic ring is 1. The maximum absolute atomic E-state index is 6.21. The predicted octanol–water partition coefficient (Wildman–Crippen LogP) is 4.05. The van der Waals surface area contributed by atoms with E-state index in [0.29, 0.717) is 11.6 Å². The van der Waals surface area contributed by atoms with Crippen LogP contribution in [-0.4, -0.2) is 9.97 Å². The number of anilines is 2. The summed E-state index contributed by atoms with van der Waals surface area (Å²) in [5.74, 6) is 0.970. The van der Waals surface area contributed by atoms with Crippen molar-refractivity contribution >= 4 is 17.2 Å². The zero-order valence-corrected chi connectivity index (χ0v) is 14.8. The molecule has 0 aliphatic rings. The summed E-state index contributed by atoms with van der Waals surface area (Å²) >= 11 is 0. The van der Waals surface area contributed by atoms with E-state index in [9.17, 15) is 0 Å². The minimum absolute atomic E-state index is 0.287. The van der Waals surface area contributed by atoms with Gasteiger partial charge in [-0.15, -0.1) is 0 Å². The smallest absolute Gasteiger partial charge is 0.178 e. The quantitative estimate of drug-likeness (QED) is 0.627. The minimum Gasteiger partial charge on any atom is -0.383 e. The van der Waals surface area contributed by atoms with E-state index in [1.807, 2.05) is 60.7 Å². The van der Waals surface area contributed by atoms with Gasteiger partial charge in [0.15, 0.2) is 5.82 Å². The lowest BCUT2D eigenvalue weighted by atomic mass is 10.1. The number of hydrogen-bond donors (Lipinski definition) is 3. The van der Waals surface area contributed by atoms with Crippen molar-refractivity contribution < 1.29 is 0 Å². The number of aromatic nitrogens is 2. The third-order valence-electron chi connectivity index (χ3n) is 3.99. The van der Waals surface area contributed by atoms with E-state index in [1.54, 1.807) is 0 Å². The molecule has 0 amide bonds. The van der Waals surface area contributed by atoms with Crippen LogP contribution < -0.4 is 16.8 Å². The molecule has 2 aromatic carbocycles. The van der Waals surface area contributed by atoms with Gasteiger partial charge in [0, 0.05) is 23.4 Å². The third-order valence-corrected chi connectivity index (χ3v) is 3.99. The van der Waals surface area contributed by atoms with E-state index < -0.39 is 0 Å². The van der Waals surface area contributed by atoms with Gasteiger partial charge in [-0.2, -0.15) is 0 Å². The second kappa shape index (κ2) is 8.27. The number of nitrogens with zero attached hydrogens (tertiary/aromatic N) is 2. The molecule has 26 heavy (non-hydrogen) atoms. The van der Waals surface area contributed by atoms with Crippen LogP contribution >= 0.6 is 0 Å². The highest BCUT2D eigenvalue weighted by molar-refractivity contribution is 5.76. The van der Waals surface area contributed by atoms with Crippen molar-refractivity contribution in [1.29, 1.82) is 0 Å². The van der Waals surface area contributed by atoms with Crippen molar-refractivity contribution in [3.8, 4) is 11.3 Å². The van der Waals surface area contributed by atoms with E-state index in [-0.39, 0.29) is 6.54 Å². The van der Waals surface area contributed by atoms with E-state index in [0.717, 1.165) is 34.6 Å². The Morgan fingerprint density at radius 1 is 1.00 bits per heavy atom. The second-order valence-electron chi connectivity index (χ2n) is 5.85. The number of para-hydroxylation sites is 1. The SMILES string of the molecule is CC/C=C(\Nc1ccccc1)c1nc(N)c(CN)c(-c2ccccc2)n1. The highest BCUT2D eigenvalue weighted by Gasteiger charge is 2.15. The first-order chi connectivity index (χ1) is 12.7. The van der Waals surface area contributed by atoms with Crippen molar-refractivity contribution in [2.75, 3.05) is 11.1 Å². The number of nitrogens with one attached hydrogen (secondary N) is 1. The summed E-state index contributed by atoms with van der Waals surface area (Å²) in [4.78, 5) is 9.29. The van der Waals surface area contributed by atoms with Crippen molar-refractivity contribution in [3.63, 3.8) is 0 Å². The molecule has 5 N–H and O–H groups in total. The fraction of sp³-hybridized carbons (Fsp3) is 0.143. The lowest BCUT2D eigenvalue weighted by Crippen LogP contribution is -2.12. The number of rotatable bonds is 6. The normalized spacial score (nSPS) is 11.4. The Morgan fingerprint density at radius 2 is 1.65 bits per heavy atom. The maximum atomic E-state index is 6.21. The molecule has 3 aromatic rings. The summed E-state index contributed by atoms with van der Waals surface area (Å²) in [5.41, 5.74) is 16.4. The van der Waals surface area contributed by atoms with Crippen LogP contribution in [0.2, 0.25) is 0 Å². The second-order valence-corrected chi connectivity index (χ2v) is 5.85. The van der Waals surface area contributed by atoms with Crippen LogP contribution in [0.3, 0.4) is 0 Å². The van der Waals surface area contributed by atoms with Crippen LogP contribution in [0.15, 0.2) is 66.7 Å². The van der Waals surface area contributed by atoms with Gasteiger partial charge in [-0.25, -0.2) is 9.97 Å². The molecule has 132 valence electrons. The predicted molar refractivity (Wildman–Crippen MR) is 108 cm³/mol. The first kappa shape index (κ1) is 17.6. The van der Waals surface area contributed by atoms with Gasteiger partial charge in [-0.05, 0) is 18.6 Å². The van der Waals surface area contributed by atoms with Gasteiger partial charge >= 0.3 is 0 Å². The van der Waals surface area contributed by atoms with E-state index >= 15 is 0 Å². The number of nitrogens with two attached hydrogens (primary N) is 2. The van der Waals surface area contributed by atoms with Crippen molar-refractivity contribution in [1.82, 2.24) is 9.97 Å². The van der Waals surface area contributed by atoms with Gasteiger partial charge in [-0.3, -0.25) is 0 Å². The fourth-order valence-corrected chi connectivity index (χ4v) is 2.74. The summed E-state index contributed by atoms with van der Waals surface area (Å²) in [6, 6.07) is 19.8. The Labute approximate surface area is 153 Å². The molecular weight excluding hydrogens is 322 g/mol. The molecule has 0 aliphatic carbocycles. The van der Waals surface area contributed by atoms with Gasteiger partial charge in [0.1, 0.15) is 5.82 Å². The Kier molecular flexibility index (Phi) is 5.61. The zero-order valence-electron chi connectivity index (χ0n) is 14.8. The first-order valence-corrected chi connectivity index (χ1v) is 8.67. The van der Waals surface area contributed by atoms with Crippen LogP contribution in [0.25, 0.3) is 17.0 Å². The Bertz CT molecular complexity index is 889. The Hall–Kier alpha value is -3.18. The van der Waals surface area contributed by atoms with Crippen molar-refractivity contribution in [2.45, 2.75) is 19.9 Å². The minimum atomic E-state index is 0.287. The summed E-state index contributed by atoms with van der Waals surface area (Å²) in [6.45, 7) is 2.36. The van der Waals surface area contributed by atoms with Gasteiger partial charge < -0.3 is 16.8 Å². The van der Waals surface area contributed by atoms with Crippen LogP contribution in [0.5, 0.6) is 0 Å². The largest absolute Gasteiger partial charge is 0.383 e. The summed E-state index contributed by atoms with van der Waals surface area (Å²) in [5, 5.41) is 3.39. The standard InChI is InChI=1S/C21H23N5/c1-2-9-18(24-16-12-7-4-8-13-16)21-25-19(15-10-5-3-6-11-15)17(14-22)20(23)26-21/h3-13,24H,2,14,22H2,1H3,(H2,23,25,26)/b18-9-. The van der Waals surface area contributed by atoms with Crippen molar-refractivity contribution in [3.05, 3.63) is 78.1 Å². The lowest BCUT2D eigenvalue weighted by molar-refractivity contribution is 1.01. The molecule has 3 rings (SSSR count). The first-order valence-electron chi connectivity index (χ1n) is 8.67. The fourth-order valence-electron chi connectivity index (χ4n) is 2.74. The molecule has 5 heteroatoms. The van der Waals surface area contributed by atoms with Gasteiger partial charge in [0.05, 0.1) is 11.4 Å². The molecule has 0 aliphatic heterocycles. The molecule has 0 saturated carbocycles. The van der Waals surface area contributed by atoms with E-state index in [4.69, 9.17) is 16.5 Å². The summed E-state index contributed by atoms with van der Waals surface area (Å²) in [7, 11) is 0. The van der Waals surface area contributed by atoms with Gasteiger partial charge in [-0.1, -0.05) is 61.5 Å². The van der Waals surface area contributed by atoms with Crippen LogP contribution in [0.1, 0.15) is 24.7 Å². The third kappa shape index (κ3) is 3.90. The zero-order chi connectivity index (χ0) is 18.4. The van der Waals surface area contributed by atoms with Crippen molar-refractivity contribution in [2.24, 2.45) is 5.73 Å². The molecule has 0 atom stereocenters. The molecule has 0 unspecified atom stereocenters. The molecule has 5 nitrogen and oxygen atoms in total. The summed E-state index contributed by atoms with van der Waals surface area (Å²) < 4.78 is 0. The maximum Gasteiger partial charge on any atom is 0.178 e. The Morgan fingerprint density at radius 3 is 2.27 bits per heavy atom. The van der Waals surface area contributed by atoms with Crippen LogP contribution in [-0.2, 0) is 6.54 Å². The molecule has 1 aromatic heterocycles. The average Bonchev–Trinajstić information content (AvgIpc) is 2.68. The van der Waals surface area contributed by atoms with Gasteiger partial charge in [0.25, 0.3) is 0 Å². The molecule has 0 spiro atoms. The molecule has 0 radical (unpaired) electrons. The Balaban J connectivity index is 2.08. The van der Waals surface area contributed by atoms with E-state index in [1.165, 1.54) is 0 Å². The summed E-state index contributed by atoms with van der Waals surface area (Å²) in [6.07, 6.45) is 2.90.